The molecule has 3 N–H and O–H groups in total. The fourth-order valence-corrected chi connectivity index (χ4v) is 4.01. The Morgan fingerprint density at radius 1 is 1.19 bits per heavy atom. The molecule has 0 amide bonds. The lowest BCUT2D eigenvalue weighted by atomic mass is 9.84. The molecule has 1 fully saturated rings. The third-order valence-electron chi connectivity index (χ3n) is 4.62. The van der Waals surface area contributed by atoms with Gasteiger partial charge in [-0.25, -0.2) is 13.5 Å². The van der Waals surface area contributed by atoms with Crippen molar-refractivity contribution in [2.24, 2.45) is 0 Å². The van der Waals surface area contributed by atoms with Gasteiger partial charge in [0.15, 0.2) is 5.82 Å². The van der Waals surface area contributed by atoms with E-state index < -0.39 is 0 Å². The molecule has 1 heterocycles. The molecule has 1 aliphatic carbocycles. The second-order valence-electron chi connectivity index (χ2n) is 6.47. The van der Waals surface area contributed by atoms with Crippen LogP contribution in [0.2, 0.25) is 0 Å². The van der Waals surface area contributed by atoms with Gasteiger partial charge in [-0.1, -0.05) is 32.9 Å². The van der Waals surface area contributed by atoms with Gasteiger partial charge < -0.3 is 0 Å². The highest BCUT2D eigenvalue weighted by atomic mass is 32.2. The van der Waals surface area contributed by atoms with Gasteiger partial charge in [-0.15, -0.1) is 0 Å². The summed E-state index contributed by atoms with van der Waals surface area (Å²) < 4.78 is 34.8. The number of nitrogens with zero attached hydrogens (tertiary/aromatic N) is 1. The van der Waals surface area contributed by atoms with Gasteiger partial charge in [-0.05, 0) is 44.2 Å². The van der Waals surface area contributed by atoms with E-state index in [9.17, 15) is 8.78 Å². The summed E-state index contributed by atoms with van der Waals surface area (Å²) >= 11 is 1.56. The summed E-state index contributed by atoms with van der Waals surface area (Å²) in [5.41, 5.74) is 1.22. The molecule has 4 nitrogen and oxygen atoms in total. The van der Waals surface area contributed by atoms with Gasteiger partial charge in [0.05, 0.1) is 5.69 Å². The lowest BCUT2D eigenvalue weighted by molar-refractivity contribution is 0.369. The van der Waals surface area contributed by atoms with Crippen LogP contribution in [-0.2, 0) is 0 Å². The summed E-state index contributed by atoms with van der Waals surface area (Å²) in [4.78, 5) is 0. The fraction of sp³-hybridized carbons (Fsp3) is 0.550. The molecule has 0 spiro atoms. The quantitative estimate of drug-likeness (QED) is 0.424. The molecule has 0 saturated heterocycles. The summed E-state index contributed by atoms with van der Waals surface area (Å²) in [6, 6.07) is 6.34. The van der Waals surface area contributed by atoms with Crippen LogP contribution in [0.4, 0.5) is 8.78 Å². The first-order chi connectivity index (χ1) is 13.2. The van der Waals surface area contributed by atoms with Crippen molar-refractivity contribution >= 4 is 12.1 Å². The first kappa shape index (κ1) is 21.9. The predicted octanol–water partition coefficient (Wildman–Crippen LogP) is 5.56. The maximum absolute atomic E-state index is 14.8. The Balaban J connectivity index is 0.00000126. The van der Waals surface area contributed by atoms with Crippen molar-refractivity contribution in [2.75, 3.05) is 6.54 Å². The number of hydrogen-bond acceptors (Lipinski definition) is 4. The van der Waals surface area contributed by atoms with Crippen LogP contribution < -0.4 is 9.44 Å². The normalized spacial score (nSPS) is 19.4. The van der Waals surface area contributed by atoms with E-state index in [4.69, 9.17) is 0 Å². The minimum Gasteiger partial charge on any atom is -0.279 e. The first-order valence-corrected chi connectivity index (χ1v) is 10.6. The zero-order chi connectivity index (χ0) is 19.6. The maximum atomic E-state index is 14.8. The largest absolute Gasteiger partial charge is 0.279 e. The fourth-order valence-electron chi connectivity index (χ4n) is 3.22. The summed E-state index contributed by atoms with van der Waals surface area (Å²) in [5.74, 6) is -0.593. The smallest absolute Gasteiger partial charge is 0.172 e. The summed E-state index contributed by atoms with van der Waals surface area (Å²) in [7, 11) is 0. The molecule has 0 atom stereocenters. The lowest BCUT2D eigenvalue weighted by Crippen LogP contribution is -2.30. The Morgan fingerprint density at radius 3 is 2.59 bits per heavy atom. The Morgan fingerprint density at radius 2 is 1.93 bits per heavy atom. The van der Waals surface area contributed by atoms with Gasteiger partial charge in [0, 0.05) is 36.2 Å². The summed E-state index contributed by atoms with van der Waals surface area (Å²) in [5, 5.41) is 6.95. The third kappa shape index (κ3) is 6.02. The number of rotatable bonds is 7. The summed E-state index contributed by atoms with van der Waals surface area (Å²) in [6.07, 6.45) is 4.92. The SMILES string of the molecule is CC.CCCNSNC1CCC(c2[nH]nc(-c3cccc(F)c3)c2F)CC1. The molecular weight excluding hydrogens is 366 g/mol. The van der Waals surface area contributed by atoms with Crippen molar-refractivity contribution in [2.45, 2.75) is 64.8 Å². The standard InChI is InChI=1S/C18H24F2N4S.C2H6/c1-2-10-21-25-24-15-8-6-12(7-9-15)17-16(20)18(23-22-17)13-4-3-5-14(19)11-13;1-2/h3-5,11-12,15,21,24H,2,6-10H2,1H3,(H,22,23);1-2H3. The average molecular weight is 397 g/mol. The molecule has 0 unspecified atom stereocenters. The monoisotopic (exact) mass is 396 g/mol. The number of nitrogens with one attached hydrogen (secondary N) is 3. The molecule has 2 aromatic rings. The predicted molar refractivity (Wildman–Crippen MR) is 109 cm³/mol. The Hall–Kier alpha value is -1.44. The van der Waals surface area contributed by atoms with E-state index in [-0.39, 0.29) is 23.2 Å². The molecule has 1 aromatic carbocycles. The summed E-state index contributed by atoms with van der Waals surface area (Å²) in [6.45, 7) is 7.12. The van der Waals surface area contributed by atoms with Crippen LogP contribution in [-0.4, -0.2) is 22.8 Å². The molecule has 27 heavy (non-hydrogen) atoms. The van der Waals surface area contributed by atoms with E-state index in [1.165, 1.54) is 12.1 Å². The van der Waals surface area contributed by atoms with Crippen molar-refractivity contribution in [1.82, 2.24) is 19.6 Å². The molecule has 150 valence electrons. The van der Waals surface area contributed by atoms with Crippen molar-refractivity contribution in [3.05, 3.63) is 41.6 Å². The number of aromatic amines is 1. The topological polar surface area (TPSA) is 52.7 Å². The van der Waals surface area contributed by atoms with Gasteiger partial charge >= 0.3 is 0 Å². The van der Waals surface area contributed by atoms with Gasteiger partial charge in [-0.3, -0.25) is 9.82 Å². The highest BCUT2D eigenvalue weighted by Gasteiger charge is 2.27. The number of hydrogen-bond donors (Lipinski definition) is 3. The molecule has 0 bridgehead atoms. The minimum absolute atomic E-state index is 0.140. The lowest BCUT2D eigenvalue weighted by Gasteiger charge is -2.28. The number of H-pyrrole nitrogens is 1. The maximum Gasteiger partial charge on any atom is 0.172 e. The second kappa shape index (κ2) is 11.4. The molecular formula is C20H30F2N4S. The second-order valence-corrected chi connectivity index (χ2v) is 7.20. The minimum atomic E-state index is -0.387. The van der Waals surface area contributed by atoms with Gasteiger partial charge in [-0.2, -0.15) is 5.10 Å². The third-order valence-corrected chi connectivity index (χ3v) is 5.42. The van der Waals surface area contributed by atoms with Crippen LogP contribution in [0, 0.1) is 11.6 Å². The Labute approximate surface area is 165 Å². The van der Waals surface area contributed by atoms with Crippen molar-refractivity contribution in [1.29, 1.82) is 0 Å². The van der Waals surface area contributed by atoms with E-state index in [2.05, 4.69) is 26.6 Å². The van der Waals surface area contributed by atoms with Crippen molar-refractivity contribution in [3.63, 3.8) is 0 Å². The number of aromatic nitrogens is 2. The van der Waals surface area contributed by atoms with Crippen LogP contribution in [0.15, 0.2) is 24.3 Å². The van der Waals surface area contributed by atoms with Crippen LogP contribution in [0.3, 0.4) is 0 Å². The average Bonchev–Trinajstić information content (AvgIpc) is 3.09. The van der Waals surface area contributed by atoms with Gasteiger partial charge in [0.1, 0.15) is 11.5 Å². The molecule has 1 aliphatic rings. The molecule has 3 rings (SSSR count). The zero-order valence-electron chi connectivity index (χ0n) is 16.3. The number of benzene rings is 1. The van der Waals surface area contributed by atoms with Crippen LogP contribution in [0.5, 0.6) is 0 Å². The molecule has 0 aliphatic heterocycles. The van der Waals surface area contributed by atoms with Gasteiger partial charge in [0.25, 0.3) is 0 Å². The Bertz CT molecular complexity index is 684. The van der Waals surface area contributed by atoms with E-state index >= 15 is 0 Å². The van der Waals surface area contributed by atoms with Crippen LogP contribution >= 0.6 is 12.1 Å². The van der Waals surface area contributed by atoms with E-state index in [0.717, 1.165) is 38.6 Å². The van der Waals surface area contributed by atoms with E-state index in [0.29, 0.717) is 17.3 Å². The van der Waals surface area contributed by atoms with Crippen molar-refractivity contribution in [3.8, 4) is 11.3 Å². The van der Waals surface area contributed by atoms with E-state index in [1.807, 2.05) is 13.8 Å². The highest BCUT2D eigenvalue weighted by Crippen LogP contribution is 2.36. The zero-order valence-corrected chi connectivity index (χ0v) is 17.1. The Kier molecular flexibility index (Phi) is 9.24. The van der Waals surface area contributed by atoms with Gasteiger partial charge in [0.2, 0.25) is 0 Å². The van der Waals surface area contributed by atoms with Crippen LogP contribution in [0.1, 0.15) is 64.5 Å². The molecule has 1 aromatic heterocycles. The molecule has 0 radical (unpaired) electrons. The van der Waals surface area contributed by atoms with Crippen molar-refractivity contribution < 1.29 is 8.78 Å². The number of halogens is 2. The molecule has 7 heteroatoms. The highest BCUT2D eigenvalue weighted by molar-refractivity contribution is 7.95. The first-order valence-electron chi connectivity index (χ1n) is 9.83. The van der Waals surface area contributed by atoms with E-state index in [1.54, 1.807) is 24.3 Å². The van der Waals surface area contributed by atoms with Crippen LogP contribution in [0.25, 0.3) is 11.3 Å². The molecule has 1 saturated carbocycles.